The van der Waals surface area contributed by atoms with Crippen molar-refractivity contribution in [3.05, 3.63) is 108 Å². The number of nitrogens with zero attached hydrogens (tertiary/aromatic N) is 2. The third kappa shape index (κ3) is 5.66. The number of nitrogens with one attached hydrogen (secondary N) is 2. The zero-order chi connectivity index (χ0) is 23.9. The number of para-hydroxylation sites is 1. The van der Waals surface area contributed by atoms with Gasteiger partial charge in [-0.2, -0.15) is 5.10 Å². The molecule has 0 radical (unpaired) electrons. The summed E-state index contributed by atoms with van der Waals surface area (Å²) in [5.74, 6) is -0.553. The van der Waals surface area contributed by atoms with Gasteiger partial charge in [0.2, 0.25) is 0 Å². The number of carbonyl (C=O) groups excluding carboxylic acids is 2. The minimum atomic E-state index is -0.415. The second-order valence-electron chi connectivity index (χ2n) is 7.46. The first-order valence-electron chi connectivity index (χ1n) is 10.7. The van der Waals surface area contributed by atoms with Crippen molar-refractivity contribution in [2.24, 2.45) is 0 Å². The summed E-state index contributed by atoms with van der Waals surface area (Å²) in [5.41, 5.74) is 2.36. The topological polar surface area (TPSA) is 85.2 Å². The van der Waals surface area contributed by atoms with Crippen molar-refractivity contribution in [3.8, 4) is 5.75 Å². The number of hydrogen-bond donors (Lipinski definition) is 2. The second kappa shape index (κ2) is 10.4. The van der Waals surface area contributed by atoms with E-state index in [0.29, 0.717) is 29.2 Å². The molecule has 7 nitrogen and oxygen atoms in total. The molecule has 0 bridgehead atoms. The lowest BCUT2D eigenvalue weighted by Crippen LogP contribution is -2.18. The van der Waals surface area contributed by atoms with Gasteiger partial charge in [-0.1, -0.05) is 30.3 Å². The fraction of sp³-hybridized carbons (Fsp3) is 0.115. The molecule has 1 heterocycles. The third-order valence-electron chi connectivity index (χ3n) is 5.02. The molecule has 2 amide bonds. The zero-order valence-corrected chi connectivity index (χ0v) is 18.5. The van der Waals surface area contributed by atoms with Gasteiger partial charge < -0.3 is 15.4 Å². The highest BCUT2D eigenvalue weighted by Gasteiger charge is 2.19. The molecule has 172 valence electrons. The summed E-state index contributed by atoms with van der Waals surface area (Å²) < 4.78 is 20.2. The molecule has 0 aliphatic carbocycles. The van der Waals surface area contributed by atoms with Gasteiger partial charge in [0.05, 0.1) is 5.69 Å². The molecule has 0 aliphatic rings. The molecule has 2 N–H and O–H groups in total. The van der Waals surface area contributed by atoms with Crippen LogP contribution in [-0.2, 0) is 13.2 Å². The molecular weight excluding hydrogens is 435 g/mol. The van der Waals surface area contributed by atoms with E-state index in [9.17, 15) is 14.0 Å². The summed E-state index contributed by atoms with van der Waals surface area (Å²) in [7, 11) is 0. The van der Waals surface area contributed by atoms with Crippen LogP contribution in [-0.4, -0.2) is 21.6 Å². The van der Waals surface area contributed by atoms with Crippen LogP contribution < -0.4 is 15.4 Å². The number of aromatic nitrogens is 2. The van der Waals surface area contributed by atoms with E-state index >= 15 is 0 Å². The Bertz CT molecular complexity index is 1270. The molecule has 0 spiro atoms. The largest absolute Gasteiger partial charge is 0.489 e. The zero-order valence-electron chi connectivity index (χ0n) is 18.5. The summed E-state index contributed by atoms with van der Waals surface area (Å²) in [6.07, 6.45) is 1.63. The second-order valence-corrected chi connectivity index (χ2v) is 7.46. The lowest BCUT2D eigenvalue weighted by Gasteiger charge is -2.08. The lowest BCUT2D eigenvalue weighted by atomic mass is 10.1. The summed E-state index contributed by atoms with van der Waals surface area (Å²) in [5, 5.41) is 9.86. The minimum Gasteiger partial charge on any atom is -0.489 e. The van der Waals surface area contributed by atoms with Crippen LogP contribution in [0.15, 0.2) is 85.1 Å². The van der Waals surface area contributed by atoms with Gasteiger partial charge in [0, 0.05) is 24.0 Å². The van der Waals surface area contributed by atoms with Crippen LogP contribution in [0.3, 0.4) is 0 Å². The van der Waals surface area contributed by atoms with Crippen LogP contribution in [0.5, 0.6) is 5.75 Å². The summed E-state index contributed by atoms with van der Waals surface area (Å²) >= 11 is 0. The maximum absolute atomic E-state index is 13.0. The molecule has 3 aromatic carbocycles. The molecule has 0 saturated heterocycles. The van der Waals surface area contributed by atoms with E-state index in [2.05, 4.69) is 15.7 Å². The normalized spacial score (nSPS) is 10.5. The third-order valence-corrected chi connectivity index (χ3v) is 5.02. The number of amides is 2. The highest BCUT2D eigenvalue weighted by atomic mass is 19.1. The fourth-order valence-corrected chi connectivity index (χ4v) is 3.20. The Hall–Kier alpha value is -4.46. The van der Waals surface area contributed by atoms with Gasteiger partial charge in [-0.3, -0.25) is 14.3 Å². The highest BCUT2D eigenvalue weighted by molar-refractivity contribution is 6.11. The fourth-order valence-electron chi connectivity index (χ4n) is 3.20. The predicted octanol–water partition coefficient (Wildman–Crippen LogP) is 5.13. The Morgan fingerprint density at radius 3 is 2.29 bits per heavy atom. The number of aryl methyl sites for hydroxylation is 1. The highest BCUT2D eigenvalue weighted by Crippen LogP contribution is 2.19. The molecule has 0 saturated carbocycles. The molecule has 0 unspecified atom stereocenters. The first-order chi connectivity index (χ1) is 16.5. The number of benzene rings is 3. The first kappa shape index (κ1) is 22.7. The number of halogens is 1. The quantitative estimate of drug-likeness (QED) is 0.384. The van der Waals surface area contributed by atoms with Crippen LogP contribution in [0.2, 0.25) is 0 Å². The Labute approximate surface area is 196 Å². The molecule has 34 heavy (non-hydrogen) atoms. The maximum Gasteiger partial charge on any atom is 0.278 e. The van der Waals surface area contributed by atoms with E-state index in [4.69, 9.17) is 4.74 Å². The van der Waals surface area contributed by atoms with E-state index < -0.39 is 5.91 Å². The lowest BCUT2D eigenvalue weighted by molar-refractivity contribution is 0.102. The monoisotopic (exact) mass is 458 g/mol. The van der Waals surface area contributed by atoms with Gasteiger partial charge in [0.15, 0.2) is 5.69 Å². The van der Waals surface area contributed by atoms with Gasteiger partial charge in [-0.15, -0.1) is 0 Å². The van der Waals surface area contributed by atoms with Crippen molar-refractivity contribution >= 4 is 23.2 Å². The Balaban J connectivity index is 1.42. The van der Waals surface area contributed by atoms with Crippen LogP contribution >= 0.6 is 0 Å². The number of hydrogen-bond acceptors (Lipinski definition) is 4. The molecule has 0 aliphatic heterocycles. The average molecular weight is 458 g/mol. The smallest absolute Gasteiger partial charge is 0.278 e. The van der Waals surface area contributed by atoms with Gasteiger partial charge in [0.1, 0.15) is 18.2 Å². The molecule has 4 aromatic rings. The van der Waals surface area contributed by atoms with Crippen molar-refractivity contribution in [2.75, 3.05) is 10.6 Å². The molecule has 4 rings (SSSR count). The van der Waals surface area contributed by atoms with E-state index in [0.717, 1.165) is 5.56 Å². The van der Waals surface area contributed by atoms with Crippen molar-refractivity contribution in [3.63, 3.8) is 0 Å². The molecular formula is C26H23FN4O3. The van der Waals surface area contributed by atoms with Crippen molar-refractivity contribution in [1.29, 1.82) is 0 Å². The summed E-state index contributed by atoms with van der Waals surface area (Å²) in [6.45, 7) is 2.72. The van der Waals surface area contributed by atoms with Gasteiger partial charge >= 0.3 is 0 Å². The van der Waals surface area contributed by atoms with Crippen LogP contribution in [0.1, 0.15) is 33.3 Å². The van der Waals surface area contributed by atoms with Crippen molar-refractivity contribution < 1.29 is 18.7 Å². The van der Waals surface area contributed by atoms with E-state index in [-0.39, 0.29) is 24.0 Å². The first-order valence-corrected chi connectivity index (χ1v) is 10.7. The van der Waals surface area contributed by atoms with E-state index in [1.165, 1.54) is 12.1 Å². The molecule has 0 fully saturated rings. The number of rotatable bonds is 8. The van der Waals surface area contributed by atoms with Gasteiger partial charge in [-0.25, -0.2) is 4.39 Å². The van der Waals surface area contributed by atoms with E-state index in [1.54, 1.807) is 59.4 Å². The van der Waals surface area contributed by atoms with E-state index in [1.807, 2.05) is 25.1 Å². The summed E-state index contributed by atoms with van der Waals surface area (Å²) in [4.78, 5) is 25.6. The van der Waals surface area contributed by atoms with Crippen LogP contribution in [0.25, 0.3) is 0 Å². The average Bonchev–Trinajstić information content (AvgIpc) is 3.27. The Kier molecular flexibility index (Phi) is 6.98. The Morgan fingerprint density at radius 2 is 1.62 bits per heavy atom. The van der Waals surface area contributed by atoms with Crippen LogP contribution in [0.4, 0.5) is 15.8 Å². The SMILES string of the molecule is CCn1cc(NC(=O)c2ccc(COc3ccc(F)cc3)cc2)c(C(=O)Nc2ccccc2)n1. The predicted molar refractivity (Wildman–Crippen MR) is 127 cm³/mol. The Morgan fingerprint density at radius 1 is 0.912 bits per heavy atom. The standard InChI is InChI=1S/C26H23FN4O3/c1-2-31-16-23(24(30-31)26(33)28-21-6-4-3-5-7-21)29-25(32)19-10-8-18(9-11-19)17-34-22-14-12-20(27)13-15-22/h3-16H,2,17H2,1H3,(H,28,33)(H,29,32). The van der Waals surface area contributed by atoms with Crippen molar-refractivity contribution in [1.82, 2.24) is 9.78 Å². The summed E-state index contributed by atoms with van der Waals surface area (Å²) in [6, 6.07) is 21.7. The van der Waals surface area contributed by atoms with Crippen LogP contribution in [0, 0.1) is 5.82 Å². The maximum atomic E-state index is 13.0. The van der Waals surface area contributed by atoms with Gasteiger partial charge in [0.25, 0.3) is 11.8 Å². The minimum absolute atomic E-state index is 0.128. The molecule has 0 atom stereocenters. The van der Waals surface area contributed by atoms with Gasteiger partial charge in [-0.05, 0) is 61.0 Å². The number of ether oxygens (including phenoxy) is 1. The number of anilines is 2. The van der Waals surface area contributed by atoms with Crippen molar-refractivity contribution in [2.45, 2.75) is 20.1 Å². The molecule has 8 heteroatoms. The number of carbonyl (C=O) groups is 2. The molecule has 1 aromatic heterocycles.